The summed E-state index contributed by atoms with van der Waals surface area (Å²) in [5, 5.41) is 29.0. The van der Waals surface area contributed by atoms with Crippen LogP contribution in [0.1, 0.15) is 5.56 Å². The van der Waals surface area contributed by atoms with Gasteiger partial charge in [-0.3, -0.25) is 15.0 Å². The van der Waals surface area contributed by atoms with Crippen molar-refractivity contribution in [3.63, 3.8) is 0 Å². The number of aliphatic imine (C=N–C) groups is 1. The van der Waals surface area contributed by atoms with Crippen molar-refractivity contribution in [3.8, 4) is 11.5 Å². The minimum absolute atomic E-state index is 0.0393. The Morgan fingerprint density at radius 1 is 1.50 bits per heavy atom. The van der Waals surface area contributed by atoms with Gasteiger partial charge in [0.1, 0.15) is 22.6 Å². The van der Waals surface area contributed by atoms with Gasteiger partial charge in [0.15, 0.2) is 0 Å². The highest BCUT2D eigenvalue weighted by Crippen LogP contribution is 2.31. The molecule has 0 radical (unpaired) electrons. The molecule has 0 spiro atoms. The minimum Gasteiger partial charge on any atom is -0.508 e. The maximum absolute atomic E-state index is 11.5. The van der Waals surface area contributed by atoms with E-state index in [1.54, 1.807) is 0 Å². The highest BCUT2D eigenvalue weighted by Gasteiger charge is 2.28. The number of nitrogens with zero attached hydrogens (tertiary/aromatic N) is 2. The Balaban J connectivity index is 2.25. The Morgan fingerprint density at radius 3 is 2.83 bits per heavy atom. The molecule has 1 aromatic carbocycles. The number of rotatable bonds is 2. The molecule has 18 heavy (non-hydrogen) atoms. The van der Waals surface area contributed by atoms with Crippen molar-refractivity contribution < 1.29 is 20.2 Å². The van der Waals surface area contributed by atoms with E-state index >= 15 is 0 Å². The third-order valence-electron chi connectivity index (χ3n) is 2.47. The highest BCUT2D eigenvalue weighted by molar-refractivity contribution is 8.14. The van der Waals surface area contributed by atoms with Crippen molar-refractivity contribution in [1.29, 1.82) is 0 Å². The van der Waals surface area contributed by atoms with Crippen LogP contribution in [0.15, 0.2) is 23.2 Å². The van der Waals surface area contributed by atoms with Crippen LogP contribution < -0.4 is 0 Å². The lowest BCUT2D eigenvalue weighted by Gasteiger charge is -2.10. The molecule has 96 valence electrons. The van der Waals surface area contributed by atoms with E-state index in [0.29, 0.717) is 21.4 Å². The Bertz CT molecular complexity index is 516. The molecular formula is C11H12N2O4S. The lowest BCUT2D eigenvalue weighted by molar-refractivity contribution is -0.160. The first-order valence-corrected chi connectivity index (χ1v) is 6.17. The zero-order valence-electron chi connectivity index (χ0n) is 9.57. The average Bonchev–Trinajstić information content (AvgIpc) is 2.77. The molecule has 3 N–H and O–H groups in total. The number of hydrogen-bond acceptors (Lipinski definition) is 6. The van der Waals surface area contributed by atoms with Gasteiger partial charge in [0.05, 0.1) is 0 Å². The van der Waals surface area contributed by atoms with E-state index < -0.39 is 11.9 Å². The number of amides is 1. The summed E-state index contributed by atoms with van der Waals surface area (Å²) in [4.78, 5) is 15.7. The van der Waals surface area contributed by atoms with Gasteiger partial charge in [-0.2, -0.15) is 0 Å². The summed E-state index contributed by atoms with van der Waals surface area (Å²) in [5.41, 5.74) is 0.466. The van der Waals surface area contributed by atoms with E-state index in [1.807, 2.05) is 0 Å². The van der Waals surface area contributed by atoms with Crippen LogP contribution in [0.3, 0.4) is 0 Å². The summed E-state index contributed by atoms with van der Waals surface area (Å²) < 4.78 is 0. The van der Waals surface area contributed by atoms with Gasteiger partial charge in [-0.1, -0.05) is 0 Å². The average molecular weight is 268 g/mol. The normalized spacial score (nSPS) is 18.6. The summed E-state index contributed by atoms with van der Waals surface area (Å²) in [5.74, 6) is -0.204. The summed E-state index contributed by atoms with van der Waals surface area (Å²) in [6.45, 7) is 0. The first kappa shape index (κ1) is 12.7. The van der Waals surface area contributed by atoms with E-state index in [-0.39, 0.29) is 11.5 Å². The zero-order valence-corrected chi connectivity index (χ0v) is 10.4. The molecule has 1 heterocycles. The van der Waals surface area contributed by atoms with Crippen molar-refractivity contribution in [2.24, 2.45) is 4.99 Å². The molecule has 0 bridgehead atoms. The summed E-state index contributed by atoms with van der Waals surface area (Å²) in [6, 6.07) is 3.54. The number of thioether (sulfide) groups is 1. The van der Waals surface area contributed by atoms with Gasteiger partial charge in [0.25, 0.3) is 5.91 Å². The first-order chi connectivity index (χ1) is 8.49. The number of likely N-dealkylation sites (N-methyl/N-ethyl adjacent to an activating group) is 1. The topological polar surface area (TPSA) is 93.4 Å². The number of aromatic hydroxyl groups is 2. The number of phenols is 2. The molecule has 0 saturated carbocycles. The third-order valence-corrected chi connectivity index (χ3v) is 3.55. The van der Waals surface area contributed by atoms with Crippen molar-refractivity contribution in [2.75, 3.05) is 12.8 Å². The standard InChI is InChI=1S/C11H12N2O4S/c1-13(17)11(16)8-5-18-10(12-8)7-3-2-6(14)4-9(7)15/h2-4,8,14-15,17H,5H2,1H3/t8-/m0/s1. The number of carbonyl (C=O) groups excluding carboxylic acids is 1. The second-order valence-electron chi connectivity index (χ2n) is 3.82. The molecule has 0 saturated heterocycles. The van der Waals surface area contributed by atoms with Gasteiger partial charge >= 0.3 is 0 Å². The van der Waals surface area contributed by atoms with Crippen LogP contribution >= 0.6 is 11.8 Å². The van der Waals surface area contributed by atoms with Crippen molar-refractivity contribution in [2.45, 2.75) is 6.04 Å². The van der Waals surface area contributed by atoms with Crippen LogP contribution in [0.4, 0.5) is 0 Å². The van der Waals surface area contributed by atoms with Gasteiger partial charge < -0.3 is 10.2 Å². The number of carbonyl (C=O) groups is 1. The van der Waals surface area contributed by atoms with Crippen molar-refractivity contribution in [1.82, 2.24) is 5.06 Å². The number of phenolic OH excluding ortho intramolecular Hbond substituents is 2. The summed E-state index contributed by atoms with van der Waals surface area (Å²) >= 11 is 1.32. The van der Waals surface area contributed by atoms with Crippen LogP contribution in [0.25, 0.3) is 0 Å². The molecule has 1 amide bonds. The predicted octanol–water partition coefficient (Wildman–Crippen LogP) is 0.807. The lowest BCUT2D eigenvalue weighted by atomic mass is 10.2. The number of hydroxylamine groups is 2. The number of benzene rings is 1. The smallest absolute Gasteiger partial charge is 0.271 e. The van der Waals surface area contributed by atoms with E-state index in [1.165, 1.54) is 37.0 Å². The molecule has 1 aliphatic heterocycles. The molecule has 6 nitrogen and oxygen atoms in total. The molecule has 2 rings (SSSR count). The predicted molar refractivity (Wildman–Crippen MR) is 67.1 cm³/mol. The van der Waals surface area contributed by atoms with E-state index in [4.69, 9.17) is 5.21 Å². The molecule has 1 atom stereocenters. The Kier molecular flexibility index (Phi) is 3.44. The van der Waals surface area contributed by atoms with E-state index in [9.17, 15) is 15.0 Å². The fraction of sp³-hybridized carbons (Fsp3) is 0.273. The third kappa shape index (κ3) is 2.41. The second-order valence-corrected chi connectivity index (χ2v) is 4.83. The summed E-state index contributed by atoms with van der Waals surface area (Å²) in [7, 11) is 1.25. The molecule has 7 heteroatoms. The first-order valence-electron chi connectivity index (χ1n) is 5.18. The Labute approximate surface area is 108 Å². The number of hydrogen-bond donors (Lipinski definition) is 3. The fourth-order valence-electron chi connectivity index (χ4n) is 1.56. The molecule has 0 aromatic heterocycles. The molecule has 1 aromatic rings. The monoisotopic (exact) mass is 268 g/mol. The van der Waals surface area contributed by atoms with Crippen LogP contribution in [0, 0.1) is 0 Å². The quantitative estimate of drug-likeness (QED) is 0.545. The van der Waals surface area contributed by atoms with Gasteiger partial charge in [0.2, 0.25) is 0 Å². The molecule has 0 fully saturated rings. The molecule has 1 aliphatic rings. The second kappa shape index (κ2) is 4.87. The zero-order chi connectivity index (χ0) is 13.3. The van der Waals surface area contributed by atoms with Crippen LogP contribution in [-0.4, -0.2) is 50.3 Å². The van der Waals surface area contributed by atoms with E-state index in [0.717, 1.165) is 0 Å². The van der Waals surface area contributed by atoms with Crippen LogP contribution in [-0.2, 0) is 4.79 Å². The molecule has 0 aliphatic carbocycles. The van der Waals surface area contributed by atoms with Crippen molar-refractivity contribution in [3.05, 3.63) is 23.8 Å². The lowest BCUT2D eigenvalue weighted by Crippen LogP contribution is -2.33. The van der Waals surface area contributed by atoms with Gasteiger partial charge in [-0.15, -0.1) is 11.8 Å². The van der Waals surface area contributed by atoms with Crippen LogP contribution in [0.2, 0.25) is 0 Å². The van der Waals surface area contributed by atoms with Gasteiger partial charge in [-0.25, -0.2) is 5.06 Å². The maximum Gasteiger partial charge on any atom is 0.271 e. The van der Waals surface area contributed by atoms with E-state index in [2.05, 4.69) is 4.99 Å². The van der Waals surface area contributed by atoms with Crippen LogP contribution in [0.5, 0.6) is 11.5 Å². The Morgan fingerprint density at radius 2 is 2.22 bits per heavy atom. The minimum atomic E-state index is -0.645. The van der Waals surface area contributed by atoms with Gasteiger partial charge in [0, 0.05) is 24.4 Å². The Hall–Kier alpha value is -1.73. The summed E-state index contributed by atoms with van der Waals surface area (Å²) in [6.07, 6.45) is 0. The fourth-order valence-corrected chi connectivity index (χ4v) is 2.63. The SMILES string of the molecule is CN(O)C(=O)[C@@H]1CSC(c2ccc(O)cc2O)=N1. The maximum atomic E-state index is 11.5. The largest absolute Gasteiger partial charge is 0.508 e. The van der Waals surface area contributed by atoms with Crippen molar-refractivity contribution >= 4 is 22.7 Å². The highest BCUT2D eigenvalue weighted by atomic mass is 32.2. The van der Waals surface area contributed by atoms with Gasteiger partial charge in [-0.05, 0) is 12.1 Å². The molecular weight excluding hydrogens is 256 g/mol. The molecule has 0 unspecified atom stereocenters.